The van der Waals surface area contributed by atoms with E-state index < -0.39 is 0 Å². The van der Waals surface area contributed by atoms with Gasteiger partial charge < -0.3 is 0 Å². The van der Waals surface area contributed by atoms with Gasteiger partial charge in [0, 0.05) is 5.57 Å². The fourth-order valence-corrected chi connectivity index (χ4v) is 0.669. The van der Waals surface area contributed by atoms with Gasteiger partial charge in [0.25, 0.3) is 0 Å². The van der Waals surface area contributed by atoms with E-state index in [9.17, 15) is 0 Å². The number of allylic oxidation sites excluding steroid dienone is 4. The van der Waals surface area contributed by atoms with Crippen molar-refractivity contribution in [1.82, 2.24) is 0 Å². The van der Waals surface area contributed by atoms with Crippen LogP contribution in [0.15, 0.2) is 23.8 Å². The smallest absolute Gasteiger partial charge is 0.0988 e. The highest BCUT2D eigenvalue weighted by Gasteiger charge is 1.89. The molecule has 0 rings (SSSR count). The van der Waals surface area contributed by atoms with Gasteiger partial charge in [-0.1, -0.05) is 26.0 Å². The summed E-state index contributed by atoms with van der Waals surface area (Å²) in [6.45, 7) is 6.02. The van der Waals surface area contributed by atoms with Gasteiger partial charge in [-0.05, 0) is 18.9 Å². The minimum atomic E-state index is 0.450. The Kier molecular flexibility index (Phi) is 4.32. The van der Waals surface area contributed by atoms with Crippen molar-refractivity contribution in [3.05, 3.63) is 23.8 Å². The fraction of sp³-hybridized carbons (Fsp3) is 0.444. The minimum Gasteiger partial charge on any atom is -0.192 e. The highest BCUT2D eigenvalue weighted by atomic mass is 14.2. The first-order valence-electron chi connectivity index (χ1n) is 3.45. The van der Waals surface area contributed by atoms with Crippen molar-refractivity contribution in [2.75, 3.05) is 0 Å². The summed E-state index contributed by atoms with van der Waals surface area (Å²) in [6.07, 6.45) is 5.64. The van der Waals surface area contributed by atoms with Gasteiger partial charge in [0.1, 0.15) is 0 Å². The molecule has 0 saturated heterocycles. The first-order chi connectivity index (χ1) is 4.70. The first kappa shape index (κ1) is 8.97. The fourth-order valence-electron chi connectivity index (χ4n) is 0.669. The summed E-state index contributed by atoms with van der Waals surface area (Å²) in [5.74, 6) is 0.450. The molecule has 10 heavy (non-hydrogen) atoms. The molecule has 1 heteroatoms. The van der Waals surface area contributed by atoms with Crippen LogP contribution >= 0.6 is 0 Å². The largest absolute Gasteiger partial charge is 0.192 e. The van der Waals surface area contributed by atoms with Crippen LogP contribution in [0.4, 0.5) is 0 Å². The molecule has 0 aliphatic rings. The first-order valence-corrected chi connectivity index (χ1v) is 3.45. The van der Waals surface area contributed by atoms with Crippen molar-refractivity contribution in [1.29, 1.82) is 5.26 Å². The molecule has 0 N–H and O–H groups in total. The summed E-state index contributed by atoms with van der Waals surface area (Å²) in [7, 11) is 0. The Bertz CT molecular complexity index is 179. The molecule has 0 radical (unpaired) electrons. The Labute approximate surface area is 62.7 Å². The van der Waals surface area contributed by atoms with Crippen molar-refractivity contribution in [3.63, 3.8) is 0 Å². The molecule has 0 spiro atoms. The monoisotopic (exact) mass is 135 g/mol. The van der Waals surface area contributed by atoms with Gasteiger partial charge in [0.05, 0.1) is 6.07 Å². The standard InChI is InChI=1S/C9H13N/c1-4-5-9(7-10)6-8(2)3/h4-6,8H,1-3H3. The SMILES string of the molecule is CC=CC(C#N)=CC(C)C. The summed E-state index contributed by atoms with van der Waals surface area (Å²) in [5.41, 5.74) is 0.748. The lowest BCUT2D eigenvalue weighted by molar-refractivity contribution is 0.828. The highest BCUT2D eigenvalue weighted by molar-refractivity contribution is 5.32. The van der Waals surface area contributed by atoms with Crippen molar-refractivity contribution in [2.45, 2.75) is 20.8 Å². The molecular weight excluding hydrogens is 122 g/mol. The number of nitrogens with zero attached hydrogens (tertiary/aromatic N) is 1. The number of hydrogen-bond donors (Lipinski definition) is 0. The molecule has 54 valence electrons. The van der Waals surface area contributed by atoms with E-state index in [0.717, 1.165) is 5.57 Å². The maximum atomic E-state index is 8.54. The summed E-state index contributed by atoms with van der Waals surface area (Å²) in [5, 5.41) is 8.54. The average molecular weight is 135 g/mol. The van der Waals surface area contributed by atoms with Gasteiger partial charge >= 0.3 is 0 Å². The second-order valence-electron chi connectivity index (χ2n) is 2.48. The van der Waals surface area contributed by atoms with Crippen LogP contribution in [0, 0.1) is 17.2 Å². The molecule has 0 atom stereocenters. The summed E-state index contributed by atoms with van der Waals surface area (Å²) >= 11 is 0. The zero-order chi connectivity index (χ0) is 7.98. The second kappa shape index (κ2) is 4.81. The van der Waals surface area contributed by atoms with Crippen molar-refractivity contribution < 1.29 is 0 Å². The molecule has 0 aliphatic heterocycles. The number of rotatable bonds is 2. The molecule has 0 aliphatic carbocycles. The van der Waals surface area contributed by atoms with Crippen molar-refractivity contribution in [3.8, 4) is 6.07 Å². The lowest BCUT2D eigenvalue weighted by Crippen LogP contribution is -1.81. The van der Waals surface area contributed by atoms with Gasteiger partial charge in [0.15, 0.2) is 0 Å². The van der Waals surface area contributed by atoms with Crippen LogP contribution in [0.25, 0.3) is 0 Å². The van der Waals surface area contributed by atoms with Gasteiger partial charge in [-0.2, -0.15) is 5.26 Å². The van der Waals surface area contributed by atoms with E-state index in [2.05, 4.69) is 19.9 Å². The van der Waals surface area contributed by atoms with E-state index in [4.69, 9.17) is 5.26 Å². The van der Waals surface area contributed by atoms with Crippen molar-refractivity contribution in [2.24, 2.45) is 5.92 Å². The zero-order valence-electron chi connectivity index (χ0n) is 6.76. The zero-order valence-corrected chi connectivity index (χ0v) is 6.76. The minimum absolute atomic E-state index is 0.450. The summed E-state index contributed by atoms with van der Waals surface area (Å²) in [4.78, 5) is 0. The maximum absolute atomic E-state index is 8.54. The molecule has 1 nitrogen and oxygen atoms in total. The molecule has 0 aromatic carbocycles. The van der Waals surface area contributed by atoms with E-state index in [1.165, 1.54) is 0 Å². The number of hydrogen-bond acceptors (Lipinski definition) is 1. The van der Waals surface area contributed by atoms with Gasteiger partial charge in [-0.3, -0.25) is 0 Å². The van der Waals surface area contributed by atoms with E-state index >= 15 is 0 Å². The van der Waals surface area contributed by atoms with E-state index in [1.54, 1.807) is 0 Å². The molecule has 0 fully saturated rings. The van der Waals surface area contributed by atoms with Crippen LogP contribution in [0.1, 0.15) is 20.8 Å². The Morgan fingerprint density at radius 3 is 2.40 bits per heavy atom. The Hall–Kier alpha value is -1.03. The third kappa shape index (κ3) is 3.91. The molecule has 0 bridgehead atoms. The van der Waals surface area contributed by atoms with Crippen LogP contribution in [-0.4, -0.2) is 0 Å². The second-order valence-corrected chi connectivity index (χ2v) is 2.48. The highest BCUT2D eigenvalue weighted by Crippen LogP contribution is 2.01. The molecule has 0 heterocycles. The average Bonchev–Trinajstić information content (AvgIpc) is 1.86. The number of nitriles is 1. The third-order valence-corrected chi connectivity index (χ3v) is 0.988. The quantitative estimate of drug-likeness (QED) is 0.422. The molecule has 0 aromatic rings. The Morgan fingerprint density at radius 2 is 2.10 bits per heavy atom. The maximum Gasteiger partial charge on any atom is 0.0988 e. The summed E-state index contributed by atoms with van der Waals surface area (Å²) in [6, 6.07) is 2.11. The Balaban J connectivity index is 4.23. The summed E-state index contributed by atoms with van der Waals surface area (Å²) < 4.78 is 0. The predicted octanol–water partition coefficient (Wildman–Crippen LogP) is 2.67. The van der Waals surface area contributed by atoms with Crippen LogP contribution < -0.4 is 0 Å². The molecular formula is C9H13N. The van der Waals surface area contributed by atoms with E-state index in [1.807, 2.05) is 25.2 Å². The topological polar surface area (TPSA) is 23.8 Å². The van der Waals surface area contributed by atoms with E-state index in [0.29, 0.717) is 5.92 Å². The lowest BCUT2D eigenvalue weighted by atomic mass is 10.1. The molecule has 0 saturated carbocycles. The molecule has 0 aromatic heterocycles. The van der Waals surface area contributed by atoms with Gasteiger partial charge in [-0.25, -0.2) is 0 Å². The molecule has 0 unspecified atom stereocenters. The van der Waals surface area contributed by atoms with Crippen LogP contribution in [0.5, 0.6) is 0 Å². The van der Waals surface area contributed by atoms with Crippen LogP contribution in [0.3, 0.4) is 0 Å². The van der Waals surface area contributed by atoms with Crippen LogP contribution in [0.2, 0.25) is 0 Å². The van der Waals surface area contributed by atoms with Crippen molar-refractivity contribution >= 4 is 0 Å². The lowest BCUT2D eigenvalue weighted by Gasteiger charge is -1.93. The predicted molar refractivity (Wildman–Crippen MR) is 43.3 cm³/mol. The molecule has 0 amide bonds. The normalized spacial score (nSPS) is 12.5. The third-order valence-electron chi connectivity index (χ3n) is 0.988. The van der Waals surface area contributed by atoms with Gasteiger partial charge in [-0.15, -0.1) is 0 Å². The van der Waals surface area contributed by atoms with E-state index in [-0.39, 0.29) is 0 Å². The van der Waals surface area contributed by atoms with Crippen LogP contribution in [-0.2, 0) is 0 Å². The van der Waals surface area contributed by atoms with Gasteiger partial charge in [0.2, 0.25) is 0 Å². The Morgan fingerprint density at radius 1 is 1.50 bits per heavy atom.